The number of pyridine rings is 3. The summed E-state index contributed by atoms with van der Waals surface area (Å²) in [7, 11) is 1.84. The second kappa shape index (κ2) is 8.99. The van der Waals surface area contributed by atoms with Gasteiger partial charge in [0.05, 0.1) is 12.2 Å². The number of nitrogens with one attached hydrogen (secondary N) is 3. The smallest absolute Gasteiger partial charge is 0.248 e. The minimum absolute atomic E-state index is 0.307. The zero-order valence-corrected chi connectivity index (χ0v) is 18.5. The summed E-state index contributed by atoms with van der Waals surface area (Å²) in [5.74, 6) is 1.04. The molecule has 1 amide bonds. The topological polar surface area (TPSA) is 113 Å². The molecule has 0 aliphatic heterocycles. The summed E-state index contributed by atoms with van der Waals surface area (Å²) in [6.45, 7) is 3.99. The Labute approximate surface area is 195 Å². The fourth-order valence-corrected chi connectivity index (χ4v) is 3.74. The summed E-state index contributed by atoms with van der Waals surface area (Å²) in [5, 5.41) is 11.6. The molecule has 5 rings (SSSR count). The van der Waals surface area contributed by atoms with Crippen LogP contribution in [0.3, 0.4) is 0 Å². The van der Waals surface area contributed by atoms with E-state index in [1.54, 1.807) is 29.5 Å². The molecule has 5 aromatic heterocycles. The molecule has 0 aliphatic carbocycles. The van der Waals surface area contributed by atoms with Crippen molar-refractivity contribution in [3.63, 3.8) is 0 Å². The Morgan fingerprint density at radius 3 is 2.85 bits per heavy atom. The molecular weight excluding hydrogens is 428 g/mol. The Hall–Kier alpha value is -4.79. The van der Waals surface area contributed by atoms with Crippen molar-refractivity contribution >= 4 is 28.6 Å². The molecule has 0 saturated carbocycles. The Balaban J connectivity index is 1.56. The van der Waals surface area contributed by atoms with Crippen molar-refractivity contribution in [3.05, 3.63) is 85.6 Å². The number of nitrogens with zero attached hydrogens (tertiary/aromatic N) is 5. The number of fused-ring (bicyclic) bond motifs is 1. The maximum absolute atomic E-state index is 12.0. The van der Waals surface area contributed by atoms with Gasteiger partial charge >= 0.3 is 0 Å². The number of carbonyl (C=O) groups excluding carboxylic acids is 1. The van der Waals surface area contributed by atoms with Gasteiger partial charge in [0.2, 0.25) is 5.91 Å². The van der Waals surface area contributed by atoms with Crippen LogP contribution in [0.25, 0.3) is 33.4 Å². The zero-order valence-electron chi connectivity index (χ0n) is 18.5. The van der Waals surface area contributed by atoms with Crippen LogP contribution in [-0.2, 0) is 11.3 Å². The van der Waals surface area contributed by atoms with E-state index >= 15 is 0 Å². The van der Waals surface area contributed by atoms with Crippen LogP contribution in [0.2, 0.25) is 0 Å². The minimum Gasteiger partial charge on any atom is -0.373 e. The van der Waals surface area contributed by atoms with Crippen LogP contribution >= 0.6 is 0 Å². The van der Waals surface area contributed by atoms with E-state index in [9.17, 15) is 4.79 Å². The molecule has 9 heteroatoms. The molecule has 0 radical (unpaired) electrons. The maximum Gasteiger partial charge on any atom is 0.248 e. The molecular formula is C25H22N8O. The molecule has 168 valence electrons. The van der Waals surface area contributed by atoms with E-state index in [1.165, 1.54) is 6.08 Å². The molecule has 0 spiro atoms. The number of anilines is 2. The lowest BCUT2D eigenvalue weighted by molar-refractivity contribution is -0.111. The summed E-state index contributed by atoms with van der Waals surface area (Å²) in [4.78, 5) is 28.3. The first-order valence-corrected chi connectivity index (χ1v) is 10.7. The molecule has 34 heavy (non-hydrogen) atoms. The molecule has 5 heterocycles. The number of carbonyl (C=O) groups is 1. The lowest BCUT2D eigenvalue weighted by atomic mass is 10.1. The lowest BCUT2D eigenvalue weighted by Gasteiger charge is -2.07. The SMILES string of the molecule is C=CC(=O)Nc1cc(-c2cnc3[nH]cc(-c4ccnc(NC)c4)c3c2)nn1Cc1cccnc1. The number of hydrogen-bond acceptors (Lipinski definition) is 6. The summed E-state index contributed by atoms with van der Waals surface area (Å²) in [6.07, 6.45) is 10.2. The van der Waals surface area contributed by atoms with E-state index in [0.717, 1.165) is 39.1 Å². The Bertz CT molecular complexity index is 1490. The summed E-state index contributed by atoms with van der Waals surface area (Å²) >= 11 is 0. The Morgan fingerprint density at radius 1 is 1.15 bits per heavy atom. The Morgan fingerprint density at radius 2 is 2.06 bits per heavy atom. The molecule has 5 aromatic rings. The first-order chi connectivity index (χ1) is 16.6. The first kappa shape index (κ1) is 21.1. The molecule has 0 unspecified atom stereocenters. The van der Waals surface area contributed by atoms with E-state index < -0.39 is 0 Å². The zero-order chi connectivity index (χ0) is 23.5. The third kappa shape index (κ3) is 4.14. The average molecular weight is 451 g/mol. The third-order valence-electron chi connectivity index (χ3n) is 5.43. The van der Waals surface area contributed by atoms with Crippen LogP contribution in [0.4, 0.5) is 11.6 Å². The van der Waals surface area contributed by atoms with Crippen LogP contribution in [-0.4, -0.2) is 42.7 Å². The van der Waals surface area contributed by atoms with Gasteiger partial charge in [-0.05, 0) is 41.5 Å². The monoisotopic (exact) mass is 450 g/mol. The number of aromatic nitrogens is 6. The third-order valence-corrected chi connectivity index (χ3v) is 5.43. The number of H-pyrrole nitrogens is 1. The van der Waals surface area contributed by atoms with Gasteiger partial charge in [-0.3, -0.25) is 9.78 Å². The second-order valence-electron chi connectivity index (χ2n) is 7.63. The maximum atomic E-state index is 12.0. The Kier molecular flexibility index (Phi) is 5.57. The van der Waals surface area contributed by atoms with Crippen molar-refractivity contribution in [3.8, 4) is 22.4 Å². The van der Waals surface area contributed by atoms with Gasteiger partial charge in [0.25, 0.3) is 0 Å². The molecule has 0 fully saturated rings. The second-order valence-corrected chi connectivity index (χ2v) is 7.63. The molecule has 0 bridgehead atoms. The normalized spacial score (nSPS) is 10.9. The molecule has 9 nitrogen and oxygen atoms in total. The van der Waals surface area contributed by atoms with Crippen LogP contribution in [0.1, 0.15) is 5.56 Å². The standard InChI is InChI=1S/C25H22N8O/c1-3-24(34)31-23-11-21(32-33(23)15-16-5-4-7-27-12-16)18-9-19-20(14-30-25(19)29-13-18)17-6-8-28-22(10-17)26-2/h3-14H,1,15H2,2H3,(H,26,28)(H,29,30)(H,31,34). The van der Waals surface area contributed by atoms with Gasteiger partial charge in [-0.1, -0.05) is 12.6 Å². The van der Waals surface area contributed by atoms with Crippen molar-refractivity contribution < 1.29 is 4.79 Å². The highest BCUT2D eigenvalue weighted by molar-refractivity contribution is 5.99. The van der Waals surface area contributed by atoms with Crippen LogP contribution < -0.4 is 10.6 Å². The van der Waals surface area contributed by atoms with Gasteiger partial charge in [-0.2, -0.15) is 5.10 Å². The fourth-order valence-electron chi connectivity index (χ4n) is 3.74. The lowest BCUT2D eigenvalue weighted by Crippen LogP contribution is -2.13. The summed E-state index contributed by atoms with van der Waals surface area (Å²) in [5.41, 5.74) is 5.29. The molecule has 3 N–H and O–H groups in total. The van der Waals surface area contributed by atoms with E-state index in [0.29, 0.717) is 18.1 Å². The van der Waals surface area contributed by atoms with E-state index in [4.69, 9.17) is 5.10 Å². The average Bonchev–Trinajstić information content (AvgIpc) is 3.48. The predicted octanol–water partition coefficient (Wildman–Crippen LogP) is 4.10. The van der Waals surface area contributed by atoms with E-state index in [2.05, 4.69) is 37.1 Å². The van der Waals surface area contributed by atoms with Gasteiger partial charge in [0, 0.05) is 60.6 Å². The quantitative estimate of drug-likeness (QED) is 0.322. The van der Waals surface area contributed by atoms with Crippen molar-refractivity contribution in [2.24, 2.45) is 0 Å². The van der Waals surface area contributed by atoms with Gasteiger partial charge < -0.3 is 15.6 Å². The fraction of sp³-hybridized carbons (Fsp3) is 0.0800. The van der Waals surface area contributed by atoms with Crippen molar-refractivity contribution in [1.82, 2.24) is 29.7 Å². The van der Waals surface area contributed by atoms with E-state index in [1.807, 2.05) is 49.6 Å². The van der Waals surface area contributed by atoms with Crippen LogP contribution in [0.15, 0.2) is 80.0 Å². The van der Waals surface area contributed by atoms with Crippen molar-refractivity contribution in [2.75, 3.05) is 17.7 Å². The number of hydrogen-bond donors (Lipinski definition) is 3. The van der Waals surface area contributed by atoms with Gasteiger partial charge in [-0.25, -0.2) is 14.6 Å². The van der Waals surface area contributed by atoms with Crippen molar-refractivity contribution in [2.45, 2.75) is 6.54 Å². The molecule has 0 saturated heterocycles. The number of amides is 1. The molecule has 0 aromatic carbocycles. The van der Waals surface area contributed by atoms with Gasteiger partial charge in [-0.15, -0.1) is 0 Å². The molecule has 0 aliphatic rings. The summed E-state index contributed by atoms with van der Waals surface area (Å²) < 4.78 is 1.73. The predicted molar refractivity (Wildman–Crippen MR) is 132 cm³/mol. The van der Waals surface area contributed by atoms with Gasteiger partial charge in [0.1, 0.15) is 17.3 Å². The number of aromatic amines is 1. The highest BCUT2D eigenvalue weighted by Crippen LogP contribution is 2.32. The van der Waals surface area contributed by atoms with E-state index in [-0.39, 0.29) is 5.91 Å². The molecule has 0 atom stereocenters. The van der Waals surface area contributed by atoms with Crippen molar-refractivity contribution in [1.29, 1.82) is 0 Å². The van der Waals surface area contributed by atoms with Crippen LogP contribution in [0.5, 0.6) is 0 Å². The van der Waals surface area contributed by atoms with Gasteiger partial charge in [0.15, 0.2) is 0 Å². The highest BCUT2D eigenvalue weighted by atomic mass is 16.1. The summed E-state index contributed by atoms with van der Waals surface area (Å²) in [6, 6.07) is 11.7. The largest absolute Gasteiger partial charge is 0.373 e. The minimum atomic E-state index is -0.307. The number of rotatable bonds is 7. The first-order valence-electron chi connectivity index (χ1n) is 10.7. The highest BCUT2D eigenvalue weighted by Gasteiger charge is 2.15. The van der Waals surface area contributed by atoms with Crippen LogP contribution in [0, 0.1) is 0 Å².